The van der Waals surface area contributed by atoms with Crippen molar-refractivity contribution in [2.45, 2.75) is 73.3 Å². The SMILES string of the molecule is CC(C)Cc1cc(CC(C)C)c2c(c1)C[C@H](CC(C)C)[C@@H]2N1C(=O)C=CC1=O. The molecule has 0 N–H and O–H groups in total. The summed E-state index contributed by atoms with van der Waals surface area (Å²) in [6, 6.07) is 4.58. The van der Waals surface area contributed by atoms with Crippen LogP contribution in [-0.2, 0) is 28.9 Å². The Morgan fingerprint density at radius 2 is 1.50 bits per heavy atom. The van der Waals surface area contributed by atoms with Crippen molar-refractivity contribution in [1.29, 1.82) is 0 Å². The van der Waals surface area contributed by atoms with Gasteiger partial charge in [-0.2, -0.15) is 0 Å². The van der Waals surface area contributed by atoms with Crippen molar-refractivity contribution in [3.8, 4) is 0 Å². The number of benzene rings is 1. The lowest BCUT2D eigenvalue weighted by molar-refractivity contribution is -0.140. The second kappa shape index (κ2) is 8.23. The van der Waals surface area contributed by atoms with Crippen LogP contribution in [0, 0.1) is 23.7 Å². The van der Waals surface area contributed by atoms with Crippen LogP contribution in [0.4, 0.5) is 0 Å². The van der Waals surface area contributed by atoms with Crippen molar-refractivity contribution >= 4 is 11.8 Å². The molecule has 0 spiro atoms. The van der Waals surface area contributed by atoms with E-state index in [1.165, 1.54) is 39.3 Å². The van der Waals surface area contributed by atoms with Gasteiger partial charge >= 0.3 is 0 Å². The summed E-state index contributed by atoms with van der Waals surface area (Å²) >= 11 is 0. The first-order valence-electron chi connectivity index (χ1n) is 10.9. The van der Waals surface area contributed by atoms with Crippen LogP contribution in [0.3, 0.4) is 0 Å². The zero-order valence-electron chi connectivity index (χ0n) is 18.3. The van der Waals surface area contributed by atoms with Crippen LogP contribution in [-0.4, -0.2) is 16.7 Å². The summed E-state index contributed by atoms with van der Waals surface area (Å²) in [4.78, 5) is 26.7. The van der Waals surface area contributed by atoms with Gasteiger partial charge in [0.2, 0.25) is 0 Å². The monoisotopic (exact) mass is 381 g/mol. The Labute approximate surface area is 170 Å². The first-order valence-corrected chi connectivity index (χ1v) is 10.9. The lowest BCUT2D eigenvalue weighted by Crippen LogP contribution is -2.37. The number of imide groups is 1. The molecular weight excluding hydrogens is 346 g/mol. The molecule has 1 aromatic rings. The highest BCUT2D eigenvalue weighted by Crippen LogP contribution is 2.47. The summed E-state index contributed by atoms with van der Waals surface area (Å²) in [6.45, 7) is 13.5. The number of carbonyl (C=O) groups is 2. The maximum atomic E-state index is 12.6. The molecule has 0 unspecified atom stereocenters. The highest BCUT2D eigenvalue weighted by Gasteiger charge is 2.43. The first kappa shape index (κ1) is 20.8. The van der Waals surface area contributed by atoms with Crippen LogP contribution in [0.1, 0.15) is 76.3 Å². The molecule has 2 amide bonds. The molecule has 0 aromatic heterocycles. The first-order chi connectivity index (χ1) is 13.2. The Hall–Kier alpha value is -1.90. The van der Waals surface area contributed by atoms with Crippen LogP contribution in [0.25, 0.3) is 0 Å². The molecule has 2 atom stereocenters. The summed E-state index contributed by atoms with van der Waals surface area (Å²) in [5, 5.41) is 0. The van der Waals surface area contributed by atoms with Crippen molar-refractivity contribution < 1.29 is 9.59 Å². The lowest BCUT2D eigenvalue weighted by atomic mass is 9.86. The average molecular weight is 382 g/mol. The van der Waals surface area contributed by atoms with Gasteiger partial charge in [0, 0.05) is 12.2 Å². The van der Waals surface area contributed by atoms with Gasteiger partial charge in [-0.25, -0.2) is 0 Å². The lowest BCUT2D eigenvalue weighted by Gasteiger charge is -2.31. The molecule has 2 aliphatic rings. The quantitative estimate of drug-likeness (QED) is 0.604. The predicted molar refractivity (Wildman–Crippen MR) is 114 cm³/mol. The number of hydrogen-bond donors (Lipinski definition) is 0. The second-order valence-electron chi connectivity index (χ2n) is 9.94. The molecule has 152 valence electrons. The molecule has 0 saturated carbocycles. The highest BCUT2D eigenvalue weighted by atomic mass is 16.2. The Morgan fingerprint density at radius 1 is 0.893 bits per heavy atom. The molecule has 0 radical (unpaired) electrons. The average Bonchev–Trinajstić information content (AvgIpc) is 3.05. The molecule has 3 heteroatoms. The largest absolute Gasteiger partial charge is 0.269 e. The van der Waals surface area contributed by atoms with E-state index in [9.17, 15) is 9.59 Å². The number of carbonyl (C=O) groups excluding carboxylic acids is 2. The second-order valence-corrected chi connectivity index (χ2v) is 9.94. The molecule has 1 aromatic carbocycles. The number of fused-ring (bicyclic) bond motifs is 1. The van der Waals surface area contributed by atoms with Crippen molar-refractivity contribution in [2.75, 3.05) is 0 Å². The molecule has 0 bridgehead atoms. The molecule has 1 aliphatic carbocycles. The van der Waals surface area contributed by atoms with Crippen LogP contribution in [0.2, 0.25) is 0 Å². The van der Waals surface area contributed by atoms with Crippen LogP contribution in [0.15, 0.2) is 24.3 Å². The molecule has 0 fully saturated rings. The summed E-state index contributed by atoms with van der Waals surface area (Å²) in [6.07, 6.45) is 6.91. The molecule has 3 nitrogen and oxygen atoms in total. The van der Waals surface area contributed by atoms with Gasteiger partial charge in [0.25, 0.3) is 11.8 Å². The topological polar surface area (TPSA) is 37.4 Å². The number of nitrogens with zero attached hydrogens (tertiary/aromatic N) is 1. The van der Waals surface area contributed by atoms with Gasteiger partial charge in [-0.05, 0) is 71.6 Å². The summed E-state index contributed by atoms with van der Waals surface area (Å²) < 4.78 is 0. The van der Waals surface area contributed by atoms with Gasteiger partial charge in [0.1, 0.15) is 0 Å². The Balaban J connectivity index is 2.11. The van der Waals surface area contributed by atoms with Gasteiger partial charge in [0.05, 0.1) is 6.04 Å². The third-order valence-electron chi connectivity index (χ3n) is 5.80. The third kappa shape index (κ3) is 4.24. The summed E-state index contributed by atoms with van der Waals surface area (Å²) in [5.41, 5.74) is 5.35. The van der Waals surface area contributed by atoms with E-state index in [1.54, 1.807) is 0 Å². The van der Waals surface area contributed by atoms with Crippen molar-refractivity contribution in [2.24, 2.45) is 23.7 Å². The van der Waals surface area contributed by atoms with Crippen molar-refractivity contribution in [3.05, 3.63) is 46.5 Å². The zero-order chi connectivity index (χ0) is 20.6. The minimum absolute atomic E-state index is 0.116. The fourth-order valence-electron chi connectivity index (χ4n) is 5.07. The number of rotatable bonds is 7. The van der Waals surface area contributed by atoms with E-state index in [0.29, 0.717) is 23.7 Å². The van der Waals surface area contributed by atoms with E-state index in [1.807, 2.05) is 0 Å². The molecular formula is C25H35NO2. The van der Waals surface area contributed by atoms with Gasteiger partial charge in [0.15, 0.2) is 0 Å². The molecule has 28 heavy (non-hydrogen) atoms. The third-order valence-corrected chi connectivity index (χ3v) is 5.80. The number of hydrogen-bond acceptors (Lipinski definition) is 2. The van der Waals surface area contributed by atoms with Crippen LogP contribution < -0.4 is 0 Å². The minimum Gasteiger partial charge on any atom is -0.269 e. The van der Waals surface area contributed by atoms with Gasteiger partial charge < -0.3 is 0 Å². The van der Waals surface area contributed by atoms with E-state index >= 15 is 0 Å². The van der Waals surface area contributed by atoms with Gasteiger partial charge in [-0.15, -0.1) is 0 Å². The van der Waals surface area contributed by atoms with Gasteiger partial charge in [-0.1, -0.05) is 53.7 Å². The van der Waals surface area contributed by atoms with Gasteiger partial charge in [-0.3, -0.25) is 14.5 Å². The minimum atomic E-state index is -0.154. The van der Waals surface area contributed by atoms with Crippen LogP contribution in [0.5, 0.6) is 0 Å². The van der Waals surface area contributed by atoms with E-state index < -0.39 is 0 Å². The molecule has 1 aliphatic heterocycles. The standard InChI is InChI=1S/C25H35NO2/c1-15(2)9-18-12-19(10-16(3)4)24-20(13-18)14-21(11-17(5)6)25(24)26-22(27)7-8-23(26)28/h7-8,12-13,15-17,21,25H,9-11,14H2,1-6H3/t21-,25-/m0/s1. The van der Waals surface area contributed by atoms with Crippen molar-refractivity contribution in [1.82, 2.24) is 4.90 Å². The maximum Gasteiger partial charge on any atom is 0.254 e. The molecule has 1 heterocycles. The summed E-state index contributed by atoms with van der Waals surface area (Å²) in [7, 11) is 0. The fraction of sp³-hybridized carbons (Fsp3) is 0.600. The fourth-order valence-corrected chi connectivity index (χ4v) is 5.07. The predicted octanol–water partition coefficient (Wildman–Crippen LogP) is 5.27. The highest BCUT2D eigenvalue weighted by molar-refractivity contribution is 6.13. The van der Waals surface area contributed by atoms with Crippen molar-refractivity contribution in [3.63, 3.8) is 0 Å². The normalized spacial score (nSPS) is 21.7. The van der Waals surface area contributed by atoms with E-state index in [4.69, 9.17) is 0 Å². The van der Waals surface area contributed by atoms with E-state index in [-0.39, 0.29) is 17.9 Å². The maximum absolute atomic E-state index is 12.6. The Kier molecular flexibility index (Phi) is 6.12. The molecule has 0 saturated heterocycles. The zero-order valence-corrected chi connectivity index (χ0v) is 18.3. The smallest absolute Gasteiger partial charge is 0.254 e. The number of amides is 2. The van der Waals surface area contributed by atoms with Crippen LogP contribution >= 0.6 is 0 Å². The van der Waals surface area contributed by atoms with E-state index in [0.717, 1.165) is 25.7 Å². The Morgan fingerprint density at radius 3 is 2.04 bits per heavy atom. The Bertz CT molecular complexity index is 770. The molecule has 3 rings (SSSR count). The summed E-state index contributed by atoms with van der Waals surface area (Å²) in [5.74, 6) is 1.68. The van der Waals surface area contributed by atoms with E-state index in [2.05, 4.69) is 53.7 Å².